The quantitative estimate of drug-likeness (QED) is 0.481. The molecule has 0 aliphatic carbocycles. The minimum Gasteiger partial charge on any atom is -0.324 e. The van der Waals surface area contributed by atoms with Gasteiger partial charge in [0.15, 0.2) is 0 Å². The number of unbranched alkanes of at least 4 members (excludes halogenated alkanes) is 4. The Kier molecular flexibility index (Phi) is 9.05. The maximum Gasteiger partial charge on any atom is 0.321 e. The number of anilines is 1. The van der Waals surface area contributed by atoms with Crippen molar-refractivity contribution in [1.29, 1.82) is 0 Å². The van der Waals surface area contributed by atoms with Gasteiger partial charge in [-0.1, -0.05) is 74.5 Å². The van der Waals surface area contributed by atoms with Crippen LogP contribution in [0.3, 0.4) is 0 Å². The lowest BCUT2D eigenvalue weighted by Crippen LogP contribution is -2.37. The van der Waals surface area contributed by atoms with E-state index in [-0.39, 0.29) is 6.03 Å². The van der Waals surface area contributed by atoms with Crippen LogP contribution in [0.25, 0.3) is 0 Å². The van der Waals surface area contributed by atoms with E-state index in [4.69, 9.17) is 11.6 Å². The van der Waals surface area contributed by atoms with Gasteiger partial charge in [0.2, 0.25) is 0 Å². The van der Waals surface area contributed by atoms with Gasteiger partial charge in [-0.3, -0.25) is 0 Å². The van der Waals surface area contributed by atoms with Gasteiger partial charge in [-0.15, -0.1) is 0 Å². The summed E-state index contributed by atoms with van der Waals surface area (Å²) in [4.78, 5) is 14.6. The monoisotopic (exact) mass is 372 g/mol. The molecule has 0 saturated carbocycles. The zero-order chi connectivity index (χ0) is 18.6. The van der Waals surface area contributed by atoms with Gasteiger partial charge in [-0.2, -0.15) is 0 Å². The molecule has 0 bridgehead atoms. The number of rotatable bonds is 10. The smallest absolute Gasteiger partial charge is 0.321 e. The molecule has 1 N–H and O–H groups in total. The summed E-state index contributed by atoms with van der Waals surface area (Å²) in [6.45, 7) is 3.72. The Morgan fingerprint density at radius 3 is 2.31 bits per heavy atom. The number of benzene rings is 2. The lowest BCUT2D eigenvalue weighted by Gasteiger charge is -2.23. The molecule has 26 heavy (non-hydrogen) atoms. The first kappa shape index (κ1) is 20.3. The Balaban J connectivity index is 1.91. The van der Waals surface area contributed by atoms with Crippen molar-refractivity contribution in [3.05, 3.63) is 65.2 Å². The van der Waals surface area contributed by atoms with E-state index in [1.165, 1.54) is 31.2 Å². The number of hydrogen-bond acceptors (Lipinski definition) is 1. The molecule has 0 saturated heterocycles. The number of urea groups is 1. The fraction of sp³-hybridized carbons (Fsp3) is 0.409. The average molecular weight is 373 g/mol. The highest BCUT2D eigenvalue weighted by Crippen LogP contribution is 2.14. The van der Waals surface area contributed by atoms with E-state index in [0.29, 0.717) is 5.02 Å². The number of carbonyl (C=O) groups excluding carboxylic acids is 1. The number of nitrogens with one attached hydrogen (secondary N) is 1. The van der Waals surface area contributed by atoms with Crippen molar-refractivity contribution in [2.45, 2.75) is 45.4 Å². The first-order chi connectivity index (χ1) is 12.7. The predicted molar refractivity (Wildman–Crippen MR) is 111 cm³/mol. The van der Waals surface area contributed by atoms with E-state index >= 15 is 0 Å². The van der Waals surface area contributed by atoms with Gasteiger partial charge in [0.25, 0.3) is 0 Å². The molecule has 0 fully saturated rings. The Hall–Kier alpha value is -2.00. The van der Waals surface area contributed by atoms with Crippen LogP contribution in [0.5, 0.6) is 0 Å². The summed E-state index contributed by atoms with van der Waals surface area (Å²) in [5.74, 6) is 0. The highest BCUT2D eigenvalue weighted by molar-refractivity contribution is 6.30. The molecule has 0 spiro atoms. The molecule has 2 aromatic carbocycles. The van der Waals surface area contributed by atoms with Gasteiger partial charge >= 0.3 is 6.03 Å². The van der Waals surface area contributed by atoms with Crippen LogP contribution in [0.4, 0.5) is 10.5 Å². The normalized spacial score (nSPS) is 10.5. The fourth-order valence-electron chi connectivity index (χ4n) is 2.87. The molecule has 0 unspecified atom stereocenters. The molecule has 4 heteroatoms. The Labute approximate surface area is 162 Å². The molecule has 0 aliphatic heterocycles. The van der Waals surface area contributed by atoms with Gasteiger partial charge in [0.05, 0.1) is 0 Å². The molecule has 0 aliphatic rings. The largest absolute Gasteiger partial charge is 0.324 e. The van der Waals surface area contributed by atoms with Gasteiger partial charge in [0.1, 0.15) is 0 Å². The van der Waals surface area contributed by atoms with Crippen LogP contribution in [0.15, 0.2) is 54.6 Å². The van der Waals surface area contributed by atoms with E-state index in [1.54, 1.807) is 12.1 Å². The van der Waals surface area contributed by atoms with Gasteiger partial charge in [-0.05, 0) is 42.7 Å². The van der Waals surface area contributed by atoms with Gasteiger partial charge < -0.3 is 10.2 Å². The molecular weight excluding hydrogens is 344 g/mol. The van der Waals surface area contributed by atoms with Crippen LogP contribution in [0, 0.1) is 0 Å². The van der Waals surface area contributed by atoms with E-state index < -0.39 is 0 Å². The third kappa shape index (κ3) is 7.49. The molecular formula is C22H29ClN2O. The molecule has 3 nitrogen and oxygen atoms in total. The third-order valence-corrected chi connectivity index (χ3v) is 4.68. The van der Waals surface area contributed by atoms with Crippen LogP contribution in [0.2, 0.25) is 5.02 Å². The van der Waals surface area contributed by atoms with Crippen molar-refractivity contribution in [3.8, 4) is 0 Å². The van der Waals surface area contributed by atoms with Crippen molar-refractivity contribution in [2.75, 3.05) is 18.4 Å². The zero-order valence-corrected chi connectivity index (χ0v) is 16.3. The van der Waals surface area contributed by atoms with E-state index in [0.717, 1.165) is 31.6 Å². The molecule has 2 rings (SSSR count). The predicted octanol–water partition coefficient (Wildman–Crippen LogP) is 6.39. The summed E-state index contributed by atoms with van der Waals surface area (Å²) in [7, 11) is 0. The van der Waals surface area contributed by atoms with Crippen molar-refractivity contribution in [2.24, 2.45) is 0 Å². The third-order valence-electron chi connectivity index (χ3n) is 4.43. The maximum atomic E-state index is 12.7. The summed E-state index contributed by atoms with van der Waals surface area (Å²) in [6.07, 6.45) is 6.81. The van der Waals surface area contributed by atoms with Gasteiger partial charge in [-0.25, -0.2) is 4.79 Å². The number of halogens is 1. The molecule has 0 heterocycles. The lowest BCUT2D eigenvalue weighted by atomic mass is 10.1. The standard InChI is InChI=1S/C22H29ClN2O/c1-2-3-4-5-9-17-25(18-16-19-10-7-6-8-11-19)22(26)24-21-14-12-20(23)13-15-21/h6-8,10-15H,2-5,9,16-18H2,1H3,(H,24,26). The topological polar surface area (TPSA) is 32.3 Å². The number of amides is 2. The lowest BCUT2D eigenvalue weighted by molar-refractivity contribution is 0.211. The van der Waals surface area contributed by atoms with Crippen LogP contribution in [-0.4, -0.2) is 24.0 Å². The highest BCUT2D eigenvalue weighted by Gasteiger charge is 2.13. The van der Waals surface area contributed by atoms with Gasteiger partial charge in [0, 0.05) is 23.8 Å². The number of carbonyl (C=O) groups is 1. The SMILES string of the molecule is CCCCCCCN(CCc1ccccc1)C(=O)Nc1ccc(Cl)cc1. The summed E-state index contributed by atoms with van der Waals surface area (Å²) >= 11 is 5.92. The number of hydrogen-bond donors (Lipinski definition) is 1. The van der Waals surface area contributed by atoms with Crippen LogP contribution in [0.1, 0.15) is 44.6 Å². The van der Waals surface area contributed by atoms with E-state index in [2.05, 4.69) is 24.4 Å². The van der Waals surface area contributed by atoms with Crippen LogP contribution < -0.4 is 5.32 Å². The van der Waals surface area contributed by atoms with E-state index in [9.17, 15) is 4.79 Å². The molecule has 0 aromatic heterocycles. The van der Waals surface area contributed by atoms with Crippen LogP contribution in [-0.2, 0) is 6.42 Å². The highest BCUT2D eigenvalue weighted by atomic mass is 35.5. The van der Waals surface area contributed by atoms with Crippen molar-refractivity contribution < 1.29 is 4.79 Å². The zero-order valence-electron chi connectivity index (χ0n) is 15.6. The van der Waals surface area contributed by atoms with Crippen molar-refractivity contribution >= 4 is 23.3 Å². The summed E-state index contributed by atoms with van der Waals surface area (Å²) < 4.78 is 0. The second-order valence-corrected chi connectivity index (χ2v) is 7.01. The number of nitrogens with zero attached hydrogens (tertiary/aromatic N) is 1. The Morgan fingerprint density at radius 2 is 1.62 bits per heavy atom. The Morgan fingerprint density at radius 1 is 0.923 bits per heavy atom. The average Bonchev–Trinajstić information content (AvgIpc) is 2.66. The summed E-state index contributed by atoms with van der Waals surface area (Å²) in [5, 5.41) is 3.65. The molecule has 0 radical (unpaired) electrons. The van der Waals surface area contributed by atoms with Crippen molar-refractivity contribution in [1.82, 2.24) is 4.90 Å². The first-order valence-corrected chi connectivity index (χ1v) is 9.92. The minimum absolute atomic E-state index is 0.0428. The fourth-order valence-corrected chi connectivity index (χ4v) is 2.99. The van der Waals surface area contributed by atoms with Crippen LogP contribution >= 0.6 is 11.6 Å². The molecule has 2 amide bonds. The second-order valence-electron chi connectivity index (χ2n) is 6.57. The first-order valence-electron chi connectivity index (χ1n) is 9.54. The second kappa shape index (κ2) is 11.6. The van der Waals surface area contributed by atoms with Crippen molar-refractivity contribution in [3.63, 3.8) is 0 Å². The molecule has 140 valence electrons. The minimum atomic E-state index is -0.0428. The summed E-state index contributed by atoms with van der Waals surface area (Å²) in [5.41, 5.74) is 2.03. The molecule has 2 aromatic rings. The maximum absolute atomic E-state index is 12.7. The summed E-state index contributed by atoms with van der Waals surface area (Å²) in [6, 6.07) is 17.5. The van der Waals surface area contributed by atoms with E-state index in [1.807, 2.05) is 35.2 Å². The Bertz CT molecular complexity index is 643. The molecule has 0 atom stereocenters.